The number of nitrogens with zero attached hydrogens (tertiary/aromatic N) is 4. The van der Waals surface area contributed by atoms with Crippen molar-refractivity contribution in [2.75, 3.05) is 25.5 Å². The van der Waals surface area contributed by atoms with Crippen LogP contribution in [-0.2, 0) is 46.9 Å². The molecule has 2 unspecified atom stereocenters. The van der Waals surface area contributed by atoms with Crippen molar-refractivity contribution in [3.63, 3.8) is 0 Å². The van der Waals surface area contributed by atoms with Gasteiger partial charge in [-0.2, -0.15) is 5.10 Å². The predicted molar refractivity (Wildman–Crippen MR) is 138 cm³/mol. The van der Waals surface area contributed by atoms with Gasteiger partial charge in [0.1, 0.15) is 16.3 Å². The monoisotopic (exact) mass is 548 g/mol. The largest absolute Gasteiger partial charge is 0.476 e. The molecular weight excluding hydrogens is 515 g/mol. The van der Waals surface area contributed by atoms with Crippen LogP contribution >= 0.6 is 0 Å². The predicted octanol–water partition coefficient (Wildman–Crippen LogP) is 3.42. The maximum absolute atomic E-state index is 14.7. The van der Waals surface area contributed by atoms with Crippen molar-refractivity contribution in [2.45, 2.75) is 69.9 Å². The van der Waals surface area contributed by atoms with Crippen LogP contribution in [0.2, 0.25) is 0 Å². The van der Waals surface area contributed by atoms with Crippen molar-refractivity contribution in [1.29, 1.82) is 0 Å². The fourth-order valence-corrected chi connectivity index (χ4v) is 6.21. The Morgan fingerprint density at radius 1 is 1.26 bits per heavy atom. The van der Waals surface area contributed by atoms with E-state index in [-0.39, 0.29) is 29.1 Å². The van der Waals surface area contributed by atoms with Crippen LogP contribution in [0.4, 0.5) is 19.7 Å². The molecule has 1 aromatic carbocycles. The number of hydrogen-bond donors (Lipinski definition) is 2. The summed E-state index contributed by atoms with van der Waals surface area (Å²) in [5, 5.41) is 13.0. The molecule has 0 spiro atoms. The summed E-state index contributed by atoms with van der Waals surface area (Å²) in [6.45, 7) is 6.37. The van der Waals surface area contributed by atoms with Crippen LogP contribution in [0.1, 0.15) is 49.4 Å². The molecule has 38 heavy (non-hydrogen) atoms. The van der Waals surface area contributed by atoms with E-state index in [0.717, 1.165) is 17.5 Å². The molecule has 1 aliphatic heterocycles. The number of hydrogen-bond acceptors (Lipinski definition) is 6. The number of nitrogens with two attached hydrogens (primary N) is 1. The number of fused-ring (bicyclic) bond motifs is 3. The lowest BCUT2D eigenvalue weighted by Gasteiger charge is -2.30. The highest BCUT2D eigenvalue weighted by atomic mass is 32.2. The molecule has 2 aromatic rings. The van der Waals surface area contributed by atoms with Gasteiger partial charge in [0, 0.05) is 25.2 Å². The number of carbonyl (C=O) groups excluding carboxylic acids is 2. The Morgan fingerprint density at radius 3 is 2.61 bits per heavy atom. The van der Waals surface area contributed by atoms with Gasteiger partial charge in [0.05, 0.1) is 19.3 Å². The third-order valence-electron chi connectivity index (χ3n) is 6.99. The lowest BCUT2D eigenvalue weighted by Crippen LogP contribution is -2.40. The van der Waals surface area contributed by atoms with Gasteiger partial charge in [0.15, 0.2) is 9.92 Å². The van der Waals surface area contributed by atoms with Crippen LogP contribution < -0.4 is 15.2 Å². The Hall–Kier alpha value is -3.19. The standard InChI is InChI=1S/C25H33FN6O5S/c1-25(2,3)37-24(34)31(4)11-14-12-32-22(36-13-14)19(10-28-32)38(27,35)30-23(33)29-21-17-7-5-6-15(17)20(26)16-8-9-18(16)21/h10,14H,5-9,11-13H2,1-4H3,(H3,27,29,30,33,35). The van der Waals surface area contributed by atoms with Gasteiger partial charge >= 0.3 is 12.1 Å². The summed E-state index contributed by atoms with van der Waals surface area (Å²) < 4.78 is 44.5. The van der Waals surface area contributed by atoms with Crippen LogP contribution in [-0.4, -0.2) is 56.8 Å². The molecule has 1 aromatic heterocycles. The van der Waals surface area contributed by atoms with E-state index in [2.05, 4.69) is 14.8 Å². The molecule has 0 radical (unpaired) electrons. The number of amides is 3. The third-order valence-corrected chi connectivity index (χ3v) is 8.34. The Morgan fingerprint density at radius 2 is 1.92 bits per heavy atom. The van der Waals surface area contributed by atoms with Gasteiger partial charge in [-0.25, -0.2) is 28.0 Å². The average Bonchev–Trinajstić information content (AvgIpc) is 3.43. The molecule has 2 aliphatic carbocycles. The van der Waals surface area contributed by atoms with E-state index in [4.69, 9.17) is 14.6 Å². The van der Waals surface area contributed by atoms with E-state index in [1.54, 1.807) is 27.8 Å². The molecule has 2 atom stereocenters. The molecule has 0 saturated carbocycles. The fraction of sp³-hybridized carbons (Fsp3) is 0.560. The van der Waals surface area contributed by atoms with E-state index in [9.17, 15) is 18.2 Å². The molecule has 2 heterocycles. The van der Waals surface area contributed by atoms with Crippen molar-refractivity contribution in [1.82, 2.24) is 14.7 Å². The number of nitrogens with one attached hydrogen (secondary N) is 1. The second kappa shape index (κ2) is 9.53. The van der Waals surface area contributed by atoms with Gasteiger partial charge in [-0.05, 0) is 75.1 Å². The smallest absolute Gasteiger partial charge is 0.410 e. The first kappa shape index (κ1) is 26.4. The summed E-state index contributed by atoms with van der Waals surface area (Å²) >= 11 is 0. The highest BCUT2D eigenvalue weighted by Gasteiger charge is 2.33. The zero-order valence-corrected chi connectivity index (χ0v) is 22.8. The minimum absolute atomic E-state index is 0.0175. The molecule has 206 valence electrons. The van der Waals surface area contributed by atoms with E-state index in [1.807, 2.05) is 0 Å². The van der Waals surface area contributed by atoms with Crippen LogP contribution in [0.15, 0.2) is 15.5 Å². The first-order valence-electron chi connectivity index (χ1n) is 12.7. The summed E-state index contributed by atoms with van der Waals surface area (Å²) in [6.07, 6.45) is 4.27. The maximum Gasteiger partial charge on any atom is 0.410 e. The molecular formula is C25H33FN6O5S. The van der Waals surface area contributed by atoms with E-state index in [1.165, 1.54) is 15.8 Å². The Balaban J connectivity index is 1.30. The van der Waals surface area contributed by atoms with Crippen LogP contribution in [0.3, 0.4) is 0 Å². The summed E-state index contributed by atoms with van der Waals surface area (Å²) in [4.78, 5) is 26.6. The first-order valence-corrected chi connectivity index (χ1v) is 14.3. The molecule has 0 saturated heterocycles. The topological polar surface area (TPSA) is 141 Å². The number of halogens is 1. The van der Waals surface area contributed by atoms with Crippen LogP contribution in [0, 0.1) is 11.7 Å². The van der Waals surface area contributed by atoms with Crippen molar-refractivity contribution in [3.8, 4) is 5.88 Å². The van der Waals surface area contributed by atoms with Gasteiger partial charge < -0.3 is 19.7 Å². The quantitative estimate of drug-likeness (QED) is 0.600. The van der Waals surface area contributed by atoms with Gasteiger partial charge in [0.25, 0.3) is 0 Å². The molecule has 0 bridgehead atoms. The molecule has 11 nitrogen and oxygen atoms in total. The molecule has 3 aliphatic rings. The normalized spacial score (nSPS) is 19.2. The summed E-state index contributed by atoms with van der Waals surface area (Å²) in [6, 6.07) is -0.861. The minimum Gasteiger partial charge on any atom is -0.476 e. The summed E-state index contributed by atoms with van der Waals surface area (Å²) in [5.41, 5.74) is 2.84. The number of urea groups is 1. The lowest BCUT2D eigenvalue weighted by molar-refractivity contribution is 0.0232. The lowest BCUT2D eigenvalue weighted by atomic mass is 9.83. The van der Waals surface area contributed by atoms with E-state index in [0.29, 0.717) is 55.6 Å². The Kier molecular flexibility index (Phi) is 6.62. The van der Waals surface area contributed by atoms with Crippen LogP contribution in [0.25, 0.3) is 0 Å². The fourth-order valence-electron chi connectivity index (χ4n) is 5.21. The van der Waals surface area contributed by atoms with Gasteiger partial charge in [-0.1, -0.05) is 0 Å². The highest BCUT2D eigenvalue weighted by Crippen LogP contribution is 2.42. The highest BCUT2D eigenvalue weighted by molar-refractivity contribution is 7.91. The number of carbonyl (C=O) groups is 2. The number of anilines is 1. The van der Waals surface area contributed by atoms with Gasteiger partial charge in [-0.3, -0.25) is 0 Å². The number of aromatic nitrogens is 2. The maximum atomic E-state index is 14.7. The Labute approximate surface area is 221 Å². The molecule has 3 N–H and O–H groups in total. The summed E-state index contributed by atoms with van der Waals surface area (Å²) in [5.74, 6) is -0.0758. The molecule has 0 fully saturated rings. The Bertz CT molecular complexity index is 1440. The molecule has 5 rings (SSSR count). The number of ether oxygens (including phenoxy) is 2. The SMILES string of the molecule is CN(CC1COc2c(S(N)(=O)=NC(=O)Nc3c4c(c(F)c5c3CC5)CCC4)cnn2C1)C(=O)OC(C)(C)C. The van der Waals surface area contributed by atoms with E-state index < -0.39 is 27.6 Å². The zero-order valence-electron chi connectivity index (χ0n) is 22.0. The molecule has 3 amide bonds. The minimum atomic E-state index is -3.68. The van der Waals surface area contributed by atoms with E-state index >= 15 is 0 Å². The third kappa shape index (κ3) is 4.96. The van der Waals surface area contributed by atoms with Crippen molar-refractivity contribution in [3.05, 3.63) is 34.3 Å². The van der Waals surface area contributed by atoms with Crippen molar-refractivity contribution in [2.24, 2.45) is 15.4 Å². The van der Waals surface area contributed by atoms with Crippen LogP contribution in [0.5, 0.6) is 5.88 Å². The second-order valence-corrected chi connectivity index (χ2v) is 12.8. The number of benzene rings is 1. The van der Waals surface area contributed by atoms with Crippen molar-refractivity contribution >= 4 is 27.7 Å². The first-order chi connectivity index (χ1) is 17.8. The number of rotatable bonds is 4. The van der Waals surface area contributed by atoms with Gasteiger partial charge in [-0.15, -0.1) is 4.36 Å². The molecule has 13 heteroatoms. The summed E-state index contributed by atoms with van der Waals surface area (Å²) in [7, 11) is -2.04. The second-order valence-electron chi connectivity index (χ2n) is 11.1. The zero-order chi connectivity index (χ0) is 27.4. The van der Waals surface area contributed by atoms with Crippen molar-refractivity contribution < 1.29 is 27.7 Å². The average molecular weight is 549 g/mol. The van der Waals surface area contributed by atoms with Gasteiger partial charge in [0.2, 0.25) is 5.88 Å².